The molecule has 6 heteroatoms. The van der Waals surface area contributed by atoms with Crippen molar-refractivity contribution in [1.82, 2.24) is 0 Å². The van der Waals surface area contributed by atoms with Crippen molar-refractivity contribution in [2.45, 2.75) is 6.92 Å². The quantitative estimate of drug-likeness (QED) is 0.769. The van der Waals surface area contributed by atoms with Gasteiger partial charge in [0, 0.05) is 7.11 Å². The van der Waals surface area contributed by atoms with Gasteiger partial charge < -0.3 is 19.5 Å². The first-order valence-electron chi connectivity index (χ1n) is 7.43. The minimum Gasteiger partial charge on any atom is -0.496 e. The van der Waals surface area contributed by atoms with E-state index < -0.39 is 0 Å². The van der Waals surface area contributed by atoms with Crippen molar-refractivity contribution in [3.63, 3.8) is 0 Å². The van der Waals surface area contributed by atoms with Crippen LogP contribution in [0.15, 0.2) is 36.4 Å². The Labute approximate surface area is 146 Å². The standard InChI is InChI=1S/C18H20ClNO4/c1-12-7-8-16(23-3)13(11-12)18(21)20-15-6-4-5-14(19)17(15)24-10-9-22-2/h4-8,11H,9-10H2,1-3H3,(H,20,21). The summed E-state index contributed by atoms with van der Waals surface area (Å²) in [5, 5.41) is 3.24. The average molecular weight is 350 g/mol. The van der Waals surface area contributed by atoms with Crippen molar-refractivity contribution < 1.29 is 19.0 Å². The van der Waals surface area contributed by atoms with E-state index in [0.717, 1.165) is 5.56 Å². The van der Waals surface area contributed by atoms with Gasteiger partial charge in [0.2, 0.25) is 0 Å². The molecule has 24 heavy (non-hydrogen) atoms. The third-order valence-electron chi connectivity index (χ3n) is 3.35. The van der Waals surface area contributed by atoms with Crippen LogP contribution in [0.5, 0.6) is 11.5 Å². The largest absolute Gasteiger partial charge is 0.496 e. The summed E-state index contributed by atoms with van der Waals surface area (Å²) in [7, 11) is 3.11. The molecule has 0 spiro atoms. The number of rotatable bonds is 7. The first-order valence-corrected chi connectivity index (χ1v) is 7.81. The van der Waals surface area contributed by atoms with Gasteiger partial charge in [-0.05, 0) is 31.2 Å². The molecule has 2 aromatic carbocycles. The summed E-state index contributed by atoms with van der Waals surface area (Å²) in [6.45, 7) is 2.66. The number of amides is 1. The molecule has 0 aliphatic carbocycles. The van der Waals surface area contributed by atoms with Crippen molar-refractivity contribution in [1.29, 1.82) is 0 Å². The molecule has 1 N–H and O–H groups in total. The SMILES string of the molecule is COCCOc1c(Cl)cccc1NC(=O)c1cc(C)ccc1OC. The molecule has 0 aromatic heterocycles. The van der Waals surface area contributed by atoms with Gasteiger partial charge in [-0.3, -0.25) is 4.79 Å². The molecule has 0 saturated carbocycles. The Morgan fingerprint density at radius 1 is 1.17 bits per heavy atom. The molecule has 0 unspecified atom stereocenters. The van der Waals surface area contributed by atoms with E-state index in [1.165, 1.54) is 7.11 Å². The van der Waals surface area contributed by atoms with Gasteiger partial charge >= 0.3 is 0 Å². The van der Waals surface area contributed by atoms with Gasteiger partial charge in [-0.15, -0.1) is 0 Å². The number of halogens is 1. The van der Waals surface area contributed by atoms with Gasteiger partial charge in [0.1, 0.15) is 12.4 Å². The molecule has 0 heterocycles. The summed E-state index contributed by atoms with van der Waals surface area (Å²) in [5.41, 5.74) is 1.90. The number of para-hydroxylation sites is 1. The van der Waals surface area contributed by atoms with Crippen LogP contribution in [0, 0.1) is 6.92 Å². The van der Waals surface area contributed by atoms with Crippen molar-refractivity contribution in [3.8, 4) is 11.5 Å². The van der Waals surface area contributed by atoms with E-state index in [1.54, 1.807) is 37.4 Å². The zero-order valence-electron chi connectivity index (χ0n) is 13.9. The highest BCUT2D eigenvalue weighted by Gasteiger charge is 2.16. The lowest BCUT2D eigenvalue weighted by Gasteiger charge is -2.15. The van der Waals surface area contributed by atoms with E-state index in [2.05, 4.69) is 5.32 Å². The summed E-state index contributed by atoms with van der Waals surface area (Å²) >= 11 is 6.18. The molecule has 0 atom stereocenters. The molecule has 128 valence electrons. The fraction of sp³-hybridized carbons (Fsp3) is 0.278. The maximum absolute atomic E-state index is 12.6. The Bertz CT molecular complexity index is 718. The van der Waals surface area contributed by atoms with Crippen LogP contribution in [0.4, 0.5) is 5.69 Å². The Morgan fingerprint density at radius 2 is 1.96 bits per heavy atom. The lowest BCUT2D eigenvalue weighted by Crippen LogP contribution is -2.15. The minimum absolute atomic E-state index is 0.297. The number of anilines is 1. The molecule has 0 aliphatic heterocycles. The van der Waals surface area contributed by atoms with Crippen molar-refractivity contribution in [2.75, 3.05) is 32.8 Å². The number of carbonyl (C=O) groups is 1. The van der Waals surface area contributed by atoms with E-state index in [4.69, 9.17) is 25.8 Å². The number of benzene rings is 2. The second-order valence-electron chi connectivity index (χ2n) is 5.12. The third kappa shape index (κ3) is 4.40. The Kier molecular flexibility index (Phi) is 6.46. The summed E-state index contributed by atoms with van der Waals surface area (Å²) in [6, 6.07) is 10.6. The first kappa shape index (κ1) is 18.1. The monoisotopic (exact) mass is 349 g/mol. The number of methoxy groups -OCH3 is 2. The van der Waals surface area contributed by atoms with Gasteiger partial charge in [-0.25, -0.2) is 0 Å². The molecule has 0 radical (unpaired) electrons. The molecule has 2 aromatic rings. The van der Waals surface area contributed by atoms with Crippen LogP contribution in [0.25, 0.3) is 0 Å². The molecule has 2 rings (SSSR count). The number of hydrogen-bond donors (Lipinski definition) is 1. The zero-order valence-corrected chi connectivity index (χ0v) is 14.6. The van der Waals surface area contributed by atoms with Crippen LogP contribution in [0.2, 0.25) is 5.02 Å². The Hall–Kier alpha value is -2.24. The Morgan fingerprint density at radius 3 is 2.67 bits per heavy atom. The molecule has 5 nitrogen and oxygen atoms in total. The topological polar surface area (TPSA) is 56.8 Å². The lowest BCUT2D eigenvalue weighted by atomic mass is 10.1. The van der Waals surface area contributed by atoms with Crippen molar-refractivity contribution >= 4 is 23.2 Å². The highest BCUT2D eigenvalue weighted by atomic mass is 35.5. The van der Waals surface area contributed by atoms with Gasteiger partial charge in [0.15, 0.2) is 5.75 Å². The number of hydrogen-bond acceptors (Lipinski definition) is 4. The van der Waals surface area contributed by atoms with E-state index in [1.807, 2.05) is 13.0 Å². The van der Waals surface area contributed by atoms with Gasteiger partial charge in [-0.1, -0.05) is 29.3 Å². The number of ether oxygens (including phenoxy) is 3. The highest BCUT2D eigenvalue weighted by Crippen LogP contribution is 2.33. The third-order valence-corrected chi connectivity index (χ3v) is 3.65. The summed E-state index contributed by atoms with van der Waals surface area (Å²) in [4.78, 5) is 12.6. The number of aryl methyl sites for hydroxylation is 1. The summed E-state index contributed by atoms with van der Waals surface area (Å²) in [6.07, 6.45) is 0. The molecule has 0 saturated heterocycles. The average Bonchev–Trinajstić information content (AvgIpc) is 2.57. The van der Waals surface area contributed by atoms with Gasteiger partial charge in [0.05, 0.1) is 30.0 Å². The Balaban J connectivity index is 2.26. The maximum atomic E-state index is 12.6. The minimum atomic E-state index is -0.297. The normalized spacial score (nSPS) is 10.3. The summed E-state index contributed by atoms with van der Waals surface area (Å²) < 4.78 is 15.8. The van der Waals surface area contributed by atoms with Crippen LogP contribution in [-0.2, 0) is 4.74 Å². The van der Waals surface area contributed by atoms with Gasteiger partial charge in [-0.2, -0.15) is 0 Å². The van der Waals surface area contributed by atoms with Crippen molar-refractivity contribution in [3.05, 3.63) is 52.5 Å². The molecule has 0 fully saturated rings. The van der Waals surface area contributed by atoms with E-state index in [0.29, 0.717) is 41.0 Å². The molecule has 0 aliphatic rings. The van der Waals surface area contributed by atoms with Crippen LogP contribution < -0.4 is 14.8 Å². The van der Waals surface area contributed by atoms with Gasteiger partial charge in [0.25, 0.3) is 5.91 Å². The van der Waals surface area contributed by atoms with E-state index >= 15 is 0 Å². The molecular formula is C18H20ClNO4. The highest BCUT2D eigenvalue weighted by molar-refractivity contribution is 6.32. The van der Waals surface area contributed by atoms with Crippen molar-refractivity contribution in [2.24, 2.45) is 0 Å². The fourth-order valence-corrected chi connectivity index (χ4v) is 2.40. The summed E-state index contributed by atoms with van der Waals surface area (Å²) in [5.74, 6) is 0.618. The van der Waals surface area contributed by atoms with Crippen LogP contribution in [0.1, 0.15) is 15.9 Å². The van der Waals surface area contributed by atoms with E-state index in [-0.39, 0.29) is 5.91 Å². The lowest BCUT2D eigenvalue weighted by molar-refractivity contribution is 0.102. The predicted molar refractivity (Wildman–Crippen MR) is 94.5 cm³/mol. The van der Waals surface area contributed by atoms with Crippen LogP contribution >= 0.6 is 11.6 Å². The fourth-order valence-electron chi connectivity index (χ4n) is 2.17. The van der Waals surface area contributed by atoms with Crippen LogP contribution in [-0.4, -0.2) is 33.3 Å². The first-order chi connectivity index (χ1) is 11.6. The smallest absolute Gasteiger partial charge is 0.259 e. The zero-order chi connectivity index (χ0) is 17.5. The molecule has 1 amide bonds. The second-order valence-corrected chi connectivity index (χ2v) is 5.52. The van der Waals surface area contributed by atoms with E-state index in [9.17, 15) is 4.79 Å². The second kappa shape index (κ2) is 8.57. The molecular weight excluding hydrogens is 330 g/mol. The number of carbonyl (C=O) groups excluding carboxylic acids is 1. The maximum Gasteiger partial charge on any atom is 0.259 e. The number of nitrogens with one attached hydrogen (secondary N) is 1. The van der Waals surface area contributed by atoms with Crippen LogP contribution in [0.3, 0.4) is 0 Å². The molecule has 0 bridgehead atoms. The predicted octanol–water partition coefficient (Wildman–Crippen LogP) is 3.93.